The molecule has 0 amide bonds. The molecule has 0 spiro atoms. The predicted octanol–water partition coefficient (Wildman–Crippen LogP) is 0.0969. The van der Waals surface area contributed by atoms with Gasteiger partial charge in [0.25, 0.3) is 10.2 Å². The van der Waals surface area contributed by atoms with Crippen molar-refractivity contribution in [2.45, 2.75) is 19.0 Å². The molecular formula is C14H19N3O2S. The van der Waals surface area contributed by atoms with Gasteiger partial charge in [-0.05, 0) is 42.5 Å². The van der Waals surface area contributed by atoms with E-state index in [0.717, 1.165) is 25.1 Å². The summed E-state index contributed by atoms with van der Waals surface area (Å²) >= 11 is 0. The quantitative estimate of drug-likeness (QED) is 0.831. The van der Waals surface area contributed by atoms with Crippen molar-refractivity contribution < 1.29 is 8.42 Å². The minimum atomic E-state index is -3.35. The Bertz CT molecular complexity index is 621. The van der Waals surface area contributed by atoms with Crippen LogP contribution in [-0.2, 0) is 23.2 Å². The third-order valence-corrected chi connectivity index (χ3v) is 6.37. The molecular weight excluding hydrogens is 274 g/mol. The molecule has 2 aliphatic heterocycles. The second-order valence-corrected chi connectivity index (χ2v) is 7.69. The first-order valence-corrected chi connectivity index (χ1v) is 8.64. The Labute approximate surface area is 119 Å². The molecule has 6 heteroatoms. The van der Waals surface area contributed by atoms with E-state index in [1.54, 1.807) is 4.31 Å². The normalized spacial score (nSPS) is 32.7. The Morgan fingerprint density at radius 1 is 1.15 bits per heavy atom. The van der Waals surface area contributed by atoms with Crippen molar-refractivity contribution in [2.75, 3.05) is 19.6 Å². The van der Waals surface area contributed by atoms with Crippen molar-refractivity contribution in [3.63, 3.8) is 0 Å². The Morgan fingerprint density at radius 3 is 2.60 bits per heavy atom. The van der Waals surface area contributed by atoms with Gasteiger partial charge in [-0.25, -0.2) is 0 Å². The van der Waals surface area contributed by atoms with Gasteiger partial charge < -0.3 is 5.32 Å². The topological polar surface area (TPSA) is 61.4 Å². The first-order valence-electron chi connectivity index (χ1n) is 7.20. The van der Waals surface area contributed by atoms with Gasteiger partial charge in [0.15, 0.2) is 0 Å². The van der Waals surface area contributed by atoms with Crippen molar-refractivity contribution in [1.29, 1.82) is 0 Å². The molecule has 5 nitrogen and oxygen atoms in total. The molecule has 1 aliphatic carbocycles. The van der Waals surface area contributed by atoms with Gasteiger partial charge in [0, 0.05) is 19.1 Å². The number of nitrogens with zero attached hydrogens (tertiary/aromatic N) is 1. The van der Waals surface area contributed by atoms with Crippen molar-refractivity contribution in [3.8, 4) is 0 Å². The van der Waals surface area contributed by atoms with E-state index < -0.39 is 10.2 Å². The molecule has 2 heterocycles. The first-order chi connectivity index (χ1) is 9.65. The molecule has 2 atom stereocenters. The maximum absolute atomic E-state index is 12.5. The van der Waals surface area contributed by atoms with Crippen LogP contribution in [0.25, 0.3) is 0 Å². The second kappa shape index (κ2) is 4.53. The van der Waals surface area contributed by atoms with E-state index in [2.05, 4.69) is 16.1 Å². The van der Waals surface area contributed by atoms with Gasteiger partial charge in [0.1, 0.15) is 0 Å². The van der Waals surface area contributed by atoms with Crippen LogP contribution < -0.4 is 10.0 Å². The van der Waals surface area contributed by atoms with E-state index in [4.69, 9.17) is 0 Å². The van der Waals surface area contributed by atoms with Crippen LogP contribution >= 0.6 is 0 Å². The zero-order valence-corrected chi connectivity index (χ0v) is 12.1. The Hall–Kier alpha value is -0.950. The third kappa shape index (κ3) is 2.07. The van der Waals surface area contributed by atoms with Crippen LogP contribution in [0, 0.1) is 11.8 Å². The maximum Gasteiger partial charge on any atom is 0.280 e. The van der Waals surface area contributed by atoms with Crippen LogP contribution in [0.4, 0.5) is 0 Å². The van der Waals surface area contributed by atoms with Crippen LogP contribution in [0.1, 0.15) is 11.1 Å². The van der Waals surface area contributed by atoms with Gasteiger partial charge in [-0.1, -0.05) is 24.3 Å². The lowest BCUT2D eigenvalue weighted by Crippen LogP contribution is -2.45. The molecule has 0 aromatic heterocycles. The summed E-state index contributed by atoms with van der Waals surface area (Å²) in [6.45, 7) is 2.96. The highest BCUT2D eigenvalue weighted by Crippen LogP contribution is 2.42. The molecule has 0 radical (unpaired) electrons. The molecule has 2 N–H and O–H groups in total. The summed E-state index contributed by atoms with van der Waals surface area (Å²) in [5, 5.41) is 3.28. The van der Waals surface area contributed by atoms with E-state index in [1.165, 1.54) is 5.56 Å². The number of fused-ring (bicyclic) bond motifs is 2. The number of rotatable bonds is 3. The van der Waals surface area contributed by atoms with Gasteiger partial charge in [-0.15, -0.1) is 0 Å². The number of piperidine rings is 1. The summed E-state index contributed by atoms with van der Waals surface area (Å²) in [6.07, 6.45) is 0.802. The third-order valence-electron chi connectivity index (χ3n) is 4.81. The number of hydrogen-bond acceptors (Lipinski definition) is 3. The highest BCUT2D eigenvalue weighted by Gasteiger charge is 2.54. The van der Waals surface area contributed by atoms with E-state index in [0.29, 0.717) is 24.9 Å². The minimum Gasteiger partial charge on any atom is -0.316 e. The van der Waals surface area contributed by atoms with Crippen LogP contribution in [0.3, 0.4) is 0 Å². The molecule has 108 valence electrons. The molecule has 3 aliphatic rings. The largest absolute Gasteiger partial charge is 0.316 e. The van der Waals surface area contributed by atoms with Gasteiger partial charge in [0.05, 0.1) is 0 Å². The fourth-order valence-electron chi connectivity index (χ4n) is 3.51. The van der Waals surface area contributed by atoms with Crippen LogP contribution in [-0.4, -0.2) is 38.4 Å². The van der Waals surface area contributed by atoms with Crippen molar-refractivity contribution >= 4 is 10.2 Å². The van der Waals surface area contributed by atoms with Crippen LogP contribution in [0.5, 0.6) is 0 Å². The average molecular weight is 293 g/mol. The molecule has 1 saturated heterocycles. The molecule has 2 unspecified atom stereocenters. The predicted molar refractivity (Wildman–Crippen MR) is 76.2 cm³/mol. The van der Waals surface area contributed by atoms with Gasteiger partial charge >= 0.3 is 0 Å². The van der Waals surface area contributed by atoms with E-state index >= 15 is 0 Å². The minimum absolute atomic E-state index is 0.151. The van der Waals surface area contributed by atoms with Crippen molar-refractivity contribution in [1.82, 2.24) is 14.3 Å². The lowest BCUT2D eigenvalue weighted by atomic mass is 10.0. The number of nitrogens with one attached hydrogen (secondary N) is 2. The molecule has 0 bridgehead atoms. The molecule has 1 saturated carbocycles. The summed E-state index contributed by atoms with van der Waals surface area (Å²) < 4.78 is 29.4. The summed E-state index contributed by atoms with van der Waals surface area (Å²) in [5.41, 5.74) is 2.40. The Balaban J connectivity index is 1.48. The zero-order chi connectivity index (χ0) is 13.7. The smallest absolute Gasteiger partial charge is 0.280 e. The SMILES string of the molecule is O=S(=O)(NC1C2CNCC21)N1CCc2ccccc2C1. The monoisotopic (exact) mass is 293 g/mol. The second-order valence-electron chi connectivity index (χ2n) is 5.99. The fourth-order valence-corrected chi connectivity index (χ4v) is 5.00. The van der Waals surface area contributed by atoms with E-state index in [-0.39, 0.29) is 6.04 Å². The lowest BCUT2D eigenvalue weighted by molar-refractivity contribution is 0.381. The zero-order valence-electron chi connectivity index (χ0n) is 11.2. The molecule has 4 rings (SSSR count). The van der Waals surface area contributed by atoms with E-state index in [9.17, 15) is 8.42 Å². The van der Waals surface area contributed by atoms with Gasteiger partial charge in [0.2, 0.25) is 0 Å². The fraction of sp³-hybridized carbons (Fsp3) is 0.571. The first kappa shape index (κ1) is 12.8. The standard InChI is InChI=1S/C14H19N3O2S/c18-20(19,16-14-12-7-15-8-13(12)14)17-6-5-10-3-1-2-4-11(10)9-17/h1-4,12-16H,5-9H2. The lowest BCUT2D eigenvalue weighted by Gasteiger charge is -2.28. The summed E-state index contributed by atoms with van der Waals surface area (Å²) in [4.78, 5) is 0. The average Bonchev–Trinajstić information content (AvgIpc) is 2.89. The van der Waals surface area contributed by atoms with Gasteiger partial charge in [-0.2, -0.15) is 17.4 Å². The molecule has 1 aromatic rings. The molecule has 1 aromatic carbocycles. The Morgan fingerprint density at radius 2 is 1.85 bits per heavy atom. The summed E-state index contributed by atoms with van der Waals surface area (Å²) in [7, 11) is -3.35. The summed E-state index contributed by atoms with van der Waals surface area (Å²) in [5.74, 6) is 1.00. The highest BCUT2D eigenvalue weighted by atomic mass is 32.2. The maximum atomic E-state index is 12.5. The van der Waals surface area contributed by atoms with Gasteiger partial charge in [-0.3, -0.25) is 0 Å². The Kier molecular flexibility index (Phi) is 2.89. The number of benzene rings is 1. The van der Waals surface area contributed by atoms with Crippen molar-refractivity contribution in [3.05, 3.63) is 35.4 Å². The van der Waals surface area contributed by atoms with Crippen molar-refractivity contribution in [2.24, 2.45) is 11.8 Å². The summed E-state index contributed by atoms with van der Waals surface area (Å²) in [6, 6.07) is 8.24. The van der Waals surface area contributed by atoms with E-state index in [1.807, 2.05) is 18.2 Å². The molecule has 20 heavy (non-hydrogen) atoms. The number of hydrogen-bond donors (Lipinski definition) is 2. The van der Waals surface area contributed by atoms with Crippen LogP contribution in [0.15, 0.2) is 24.3 Å². The molecule has 2 fully saturated rings. The highest BCUT2D eigenvalue weighted by molar-refractivity contribution is 7.87. The van der Waals surface area contributed by atoms with Crippen LogP contribution in [0.2, 0.25) is 0 Å².